The molecule has 7 nitrogen and oxygen atoms in total. The molecule has 0 bridgehead atoms. The highest BCUT2D eigenvalue weighted by molar-refractivity contribution is 7.89. The normalized spacial score (nSPS) is 12.1. The van der Waals surface area contributed by atoms with Gasteiger partial charge in [0, 0.05) is 26.1 Å². The van der Waals surface area contributed by atoms with Crippen LogP contribution in [0, 0.1) is 5.82 Å². The van der Waals surface area contributed by atoms with E-state index >= 15 is 0 Å². The van der Waals surface area contributed by atoms with E-state index in [1.165, 1.54) is 29.2 Å². The van der Waals surface area contributed by atoms with E-state index in [0.717, 1.165) is 5.56 Å². The molecule has 178 valence electrons. The van der Waals surface area contributed by atoms with Gasteiger partial charge in [0.15, 0.2) is 0 Å². The van der Waals surface area contributed by atoms with Crippen LogP contribution in [0.15, 0.2) is 66.1 Å². The largest absolute Gasteiger partial charge is 0.351 e. The van der Waals surface area contributed by atoms with Crippen molar-refractivity contribution in [1.82, 2.24) is 14.9 Å². The molecule has 0 heterocycles. The maximum atomic E-state index is 13.3. The molecule has 33 heavy (non-hydrogen) atoms. The summed E-state index contributed by atoms with van der Waals surface area (Å²) >= 11 is 0. The highest BCUT2D eigenvalue weighted by Gasteiger charge is 2.25. The number of hydrogen-bond donors (Lipinski definition) is 2. The van der Waals surface area contributed by atoms with Crippen molar-refractivity contribution in [1.29, 1.82) is 0 Å². The molecule has 9 heteroatoms. The van der Waals surface area contributed by atoms with Crippen LogP contribution in [-0.2, 0) is 32.6 Å². The molecule has 2 aromatic carbocycles. The first kappa shape index (κ1) is 26.2. The van der Waals surface area contributed by atoms with E-state index in [-0.39, 0.29) is 42.0 Å². The average Bonchev–Trinajstić information content (AvgIpc) is 2.80. The Labute approximate surface area is 194 Å². The topological polar surface area (TPSA) is 95.6 Å². The molecule has 0 aliphatic carbocycles. The van der Waals surface area contributed by atoms with Gasteiger partial charge >= 0.3 is 0 Å². The number of halogens is 1. The fraction of sp³-hybridized carbons (Fsp3) is 0.333. The van der Waals surface area contributed by atoms with Crippen LogP contribution < -0.4 is 10.0 Å². The maximum absolute atomic E-state index is 13.3. The van der Waals surface area contributed by atoms with Crippen molar-refractivity contribution in [2.24, 2.45) is 0 Å². The first-order valence-corrected chi connectivity index (χ1v) is 12.2. The Morgan fingerprint density at radius 3 is 2.27 bits per heavy atom. The lowest BCUT2D eigenvalue weighted by Crippen LogP contribution is -2.47. The maximum Gasteiger partial charge on any atom is 0.242 e. The lowest BCUT2D eigenvalue weighted by molar-refractivity contribution is -0.140. The molecule has 0 radical (unpaired) electrons. The summed E-state index contributed by atoms with van der Waals surface area (Å²) < 4.78 is 39.8. The summed E-state index contributed by atoms with van der Waals surface area (Å²) in [7, 11) is -3.54. The van der Waals surface area contributed by atoms with Crippen LogP contribution in [0.1, 0.15) is 31.4 Å². The van der Waals surface area contributed by atoms with Gasteiger partial charge in [0.1, 0.15) is 11.9 Å². The third-order valence-electron chi connectivity index (χ3n) is 5.05. The highest BCUT2D eigenvalue weighted by atomic mass is 32.2. The van der Waals surface area contributed by atoms with Crippen LogP contribution in [0.2, 0.25) is 0 Å². The molecule has 0 aliphatic heterocycles. The Bertz CT molecular complexity index is 1050. The van der Waals surface area contributed by atoms with Crippen LogP contribution in [0.4, 0.5) is 4.39 Å². The van der Waals surface area contributed by atoms with Crippen LogP contribution in [0.5, 0.6) is 0 Å². The molecule has 2 N–H and O–H groups in total. The Morgan fingerprint density at radius 1 is 1.09 bits per heavy atom. The van der Waals surface area contributed by atoms with Crippen molar-refractivity contribution in [3.63, 3.8) is 0 Å². The Hall–Kier alpha value is -3.04. The van der Waals surface area contributed by atoms with Gasteiger partial charge in [-0.05, 0) is 48.7 Å². The van der Waals surface area contributed by atoms with E-state index in [1.54, 1.807) is 44.2 Å². The second-order valence-electron chi connectivity index (χ2n) is 7.50. The van der Waals surface area contributed by atoms with Crippen molar-refractivity contribution in [2.45, 2.75) is 44.2 Å². The minimum atomic E-state index is -3.54. The van der Waals surface area contributed by atoms with E-state index in [0.29, 0.717) is 18.5 Å². The third-order valence-corrected chi connectivity index (χ3v) is 6.61. The zero-order valence-electron chi connectivity index (χ0n) is 18.9. The monoisotopic (exact) mass is 475 g/mol. The van der Waals surface area contributed by atoms with Crippen LogP contribution in [0.25, 0.3) is 0 Å². The standard InChI is InChI=1S/C24H30FN3O4S/c1-4-16-26-24(30)18(3)28(17-20-6-11-21(25)12-7-20)23(29)15-10-19-8-13-22(14-9-19)33(31,32)27-5-2/h4,6-9,11-14,18,27H,1,5,10,15-17H2,2-3H3,(H,26,30). The number of nitrogens with zero attached hydrogens (tertiary/aromatic N) is 1. The van der Waals surface area contributed by atoms with Crippen LogP contribution in [0.3, 0.4) is 0 Å². The van der Waals surface area contributed by atoms with Gasteiger partial charge in [-0.1, -0.05) is 37.3 Å². The first-order chi connectivity index (χ1) is 15.7. The Balaban J connectivity index is 2.12. The molecular weight excluding hydrogens is 445 g/mol. The molecule has 1 unspecified atom stereocenters. The summed E-state index contributed by atoms with van der Waals surface area (Å²) in [5.74, 6) is -0.943. The zero-order chi connectivity index (χ0) is 24.4. The smallest absolute Gasteiger partial charge is 0.242 e. The van der Waals surface area contributed by atoms with Crippen LogP contribution in [-0.4, -0.2) is 44.3 Å². The number of nitrogens with one attached hydrogen (secondary N) is 2. The van der Waals surface area contributed by atoms with Crippen molar-refractivity contribution in [2.75, 3.05) is 13.1 Å². The Morgan fingerprint density at radius 2 is 1.70 bits per heavy atom. The van der Waals surface area contributed by atoms with Gasteiger partial charge in [-0.3, -0.25) is 9.59 Å². The molecule has 0 fully saturated rings. The fourth-order valence-corrected chi connectivity index (χ4v) is 4.23. The summed E-state index contributed by atoms with van der Waals surface area (Å²) in [6.07, 6.45) is 2.05. The van der Waals surface area contributed by atoms with Gasteiger partial charge in [0.2, 0.25) is 21.8 Å². The number of sulfonamides is 1. The molecule has 0 aromatic heterocycles. The first-order valence-electron chi connectivity index (χ1n) is 10.7. The van der Waals surface area contributed by atoms with E-state index < -0.39 is 16.1 Å². The third kappa shape index (κ3) is 7.80. The summed E-state index contributed by atoms with van der Waals surface area (Å²) in [5.41, 5.74) is 1.50. The number of hydrogen-bond acceptors (Lipinski definition) is 4. The van der Waals surface area contributed by atoms with Crippen molar-refractivity contribution in [3.8, 4) is 0 Å². The van der Waals surface area contributed by atoms with Crippen molar-refractivity contribution >= 4 is 21.8 Å². The molecule has 2 aromatic rings. The second kappa shape index (κ2) is 12.3. The van der Waals surface area contributed by atoms with Gasteiger partial charge in [0.25, 0.3) is 0 Å². The summed E-state index contributed by atoms with van der Waals surface area (Å²) in [4.78, 5) is 27.2. The number of benzene rings is 2. The molecule has 0 saturated carbocycles. The molecule has 1 atom stereocenters. The van der Waals surface area contributed by atoms with E-state index in [9.17, 15) is 22.4 Å². The SMILES string of the molecule is C=CCNC(=O)C(C)N(Cc1ccc(F)cc1)C(=O)CCc1ccc(S(=O)(=O)NCC)cc1. The molecular formula is C24H30FN3O4S. The van der Waals surface area contributed by atoms with Crippen LogP contribution >= 0.6 is 0 Å². The quantitative estimate of drug-likeness (QED) is 0.462. The molecule has 0 aliphatic rings. The highest BCUT2D eigenvalue weighted by Crippen LogP contribution is 2.15. The molecule has 2 rings (SSSR count). The number of amides is 2. The van der Waals surface area contributed by atoms with Gasteiger partial charge in [0.05, 0.1) is 4.90 Å². The Kier molecular flexibility index (Phi) is 9.74. The summed E-state index contributed by atoms with van der Waals surface area (Å²) in [5, 5.41) is 2.69. The average molecular weight is 476 g/mol. The van der Waals surface area contributed by atoms with Crippen molar-refractivity contribution in [3.05, 3.63) is 78.1 Å². The number of rotatable bonds is 12. The molecule has 2 amide bonds. The summed E-state index contributed by atoms with van der Waals surface area (Å²) in [6, 6.07) is 11.4. The predicted octanol–water partition coefficient (Wildman–Crippen LogP) is 2.78. The predicted molar refractivity (Wildman–Crippen MR) is 125 cm³/mol. The summed E-state index contributed by atoms with van der Waals surface area (Å²) in [6.45, 7) is 7.64. The second-order valence-corrected chi connectivity index (χ2v) is 9.27. The minimum Gasteiger partial charge on any atom is -0.351 e. The minimum absolute atomic E-state index is 0.125. The lowest BCUT2D eigenvalue weighted by atomic mass is 10.1. The molecule has 0 spiro atoms. The van der Waals surface area contributed by atoms with Gasteiger partial charge < -0.3 is 10.2 Å². The van der Waals surface area contributed by atoms with E-state index in [2.05, 4.69) is 16.6 Å². The van der Waals surface area contributed by atoms with Gasteiger partial charge in [-0.2, -0.15) is 0 Å². The fourth-order valence-electron chi connectivity index (χ4n) is 3.19. The van der Waals surface area contributed by atoms with Gasteiger partial charge in [-0.25, -0.2) is 17.5 Å². The van der Waals surface area contributed by atoms with E-state index in [1.807, 2.05) is 0 Å². The zero-order valence-corrected chi connectivity index (χ0v) is 19.7. The van der Waals surface area contributed by atoms with Crippen molar-refractivity contribution < 1.29 is 22.4 Å². The van der Waals surface area contributed by atoms with Gasteiger partial charge in [-0.15, -0.1) is 6.58 Å². The molecule has 0 saturated heterocycles. The van der Waals surface area contributed by atoms with E-state index in [4.69, 9.17) is 0 Å². The lowest BCUT2D eigenvalue weighted by Gasteiger charge is -2.29. The number of carbonyl (C=O) groups is 2. The number of aryl methyl sites for hydroxylation is 1. The number of carbonyl (C=O) groups excluding carboxylic acids is 2.